The van der Waals surface area contributed by atoms with Crippen LogP contribution in [-0.2, 0) is 9.59 Å². The molecule has 1 amide bonds. The van der Waals surface area contributed by atoms with Gasteiger partial charge in [-0.15, -0.1) is 0 Å². The minimum atomic E-state index is -0.439. The van der Waals surface area contributed by atoms with Crippen molar-refractivity contribution in [2.24, 2.45) is 5.10 Å². The van der Waals surface area contributed by atoms with Gasteiger partial charge in [-0.3, -0.25) is 9.59 Å². The molecule has 1 N–H and O–H groups in total. The largest absolute Gasteiger partial charge is 0.493 e. The van der Waals surface area contributed by atoms with Gasteiger partial charge in [-0.05, 0) is 60.9 Å². The lowest BCUT2D eigenvalue weighted by Gasteiger charge is -2.08. The number of ether oxygens (including phenoxy) is 3. The van der Waals surface area contributed by atoms with Crippen molar-refractivity contribution in [3.05, 3.63) is 53.1 Å². The smallest absolute Gasteiger partial charge is 0.308 e. The lowest BCUT2D eigenvalue weighted by molar-refractivity contribution is -0.132. The van der Waals surface area contributed by atoms with Crippen molar-refractivity contribution in [2.45, 2.75) is 20.8 Å². The van der Waals surface area contributed by atoms with Crippen LogP contribution in [0.5, 0.6) is 17.2 Å². The topological polar surface area (TPSA) is 86.2 Å². The monoisotopic (exact) mass is 370 g/mol. The highest BCUT2D eigenvalue weighted by Gasteiger charge is 2.07. The molecule has 0 bridgehead atoms. The standard InChI is InChI=1S/C20H22N2O5/c1-13-5-7-17(9-14(13)2)26-12-20(24)22-21-11-16-6-8-18(27-15(3)23)19(10-16)25-4/h5-11H,12H2,1-4H3,(H,22,24)/b21-11-. The first-order valence-corrected chi connectivity index (χ1v) is 8.27. The van der Waals surface area contributed by atoms with Crippen LogP contribution >= 0.6 is 0 Å². The van der Waals surface area contributed by atoms with Crippen LogP contribution in [-0.4, -0.2) is 31.8 Å². The van der Waals surface area contributed by atoms with Gasteiger partial charge in [0, 0.05) is 6.92 Å². The summed E-state index contributed by atoms with van der Waals surface area (Å²) in [5.41, 5.74) is 5.31. The number of nitrogens with one attached hydrogen (secondary N) is 1. The number of hydrazone groups is 1. The fourth-order valence-corrected chi connectivity index (χ4v) is 2.17. The number of amides is 1. The molecule has 0 unspecified atom stereocenters. The van der Waals surface area contributed by atoms with E-state index in [2.05, 4.69) is 10.5 Å². The second-order valence-electron chi connectivity index (χ2n) is 5.83. The van der Waals surface area contributed by atoms with E-state index < -0.39 is 5.97 Å². The van der Waals surface area contributed by atoms with Gasteiger partial charge >= 0.3 is 5.97 Å². The Labute approximate surface area is 157 Å². The van der Waals surface area contributed by atoms with Crippen LogP contribution in [0.2, 0.25) is 0 Å². The van der Waals surface area contributed by atoms with Crippen molar-refractivity contribution in [1.29, 1.82) is 0 Å². The number of hydrogen-bond donors (Lipinski definition) is 1. The molecule has 27 heavy (non-hydrogen) atoms. The van der Waals surface area contributed by atoms with E-state index in [0.717, 1.165) is 11.1 Å². The van der Waals surface area contributed by atoms with E-state index in [4.69, 9.17) is 14.2 Å². The maximum atomic E-state index is 11.8. The van der Waals surface area contributed by atoms with Crippen LogP contribution in [0.15, 0.2) is 41.5 Å². The first kappa shape index (κ1) is 20.0. The number of benzene rings is 2. The third-order valence-electron chi connectivity index (χ3n) is 3.69. The Morgan fingerprint density at radius 3 is 2.52 bits per heavy atom. The summed E-state index contributed by atoms with van der Waals surface area (Å²) in [5, 5.41) is 3.88. The zero-order valence-corrected chi connectivity index (χ0v) is 15.7. The average molecular weight is 370 g/mol. The van der Waals surface area contributed by atoms with Crippen molar-refractivity contribution in [2.75, 3.05) is 13.7 Å². The molecule has 0 radical (unpaired) electrons. The molecule has 0 aliphatic heterocycles. The maximum absolute atomic E-state index is 11.8. The second-order valence-corrected chi connectivity index (χ2v) is 5.83. The van der Waals surface area contributed by atoms with Crippen LogP contribution in [0.4, 0.5) is 0 Å². The number of methoxy groups -OCH3 is 1. The molecule has 142 valence electrons. The molecule has 2 aromatic carbocycles. The van der Waals surface area contributed by atoms with Crippen LogP contribution in [0.3, 0.4) is 0 Å². The number of hydrogen-bond acceptors (Lipinski definition) is 6. The summed E-state index contributed by atoms with van der Waals surface area (Å²) in [5.74, 6) is 0.508. The van der Waals surface area contributed by atoms with Gasteiger partial charge in [0.1, 0.15) is 5.75 Å². The fraction of sp³-hybridized carbons (Fsp3) is 0.250. The van der Waals surface area contributed by atoms with Gasteiger partial charge in [0.2, 0.25) is 0 Å². The summed E-state index contributed by atoms with van der Waals surface area (Å²) in [4.78, 5) is 22.9. The number of carbonyl (C=O) groups excluding carboxylic acids is 2. The molecule has 2 rings (SSSR count). The molecule has 0 saturated heterocycles. The molecule has 0 saturated carbocycles. The predicted octanol–water partition coefficient (Wildman–Crippen LogP) is 2.77. The molecule has 0 aliphatic carbocycles. The molecule has 7 nitrogen and oxygen atoms in total. The van der Waals surface area contributed by atoms with Crippen molar-refractivity contribution in [3.8, 4) is 17.2 Å². The lowest BCUT2D eigenvalue weighted by Crippen LogP contribution is -2.24. The summed E-state index contributed by atoms with van der Waals surface area (Å²) in [6.45, 7) is 5.15. The van der Waals surface area contributed by atoms with Crippen LogP contribution < -0.4 is 19.6 Å². The van der Waals surface area contributed by atoms with E-state index in [1.807, 2.05) is 32.0 Å². The molecule has 0 atom stereocenters. The molecule has 0 spiro atoms. The molecular weight excluding hydrogens is 348 g/mol. The quantitative estimate of drug-likeness (QED) is 0.351. The highest BCUT2D eigenvalue weighted by Crippen LogP contribution is 2.27. The maximum Gasteiger partial charge on any atom is 0.308 e. The fourth-order valence-electron chi connectivity index (χ4n) is 2.17. The number of nitrogens with zero attached hydrogens (tertiary/aromatic N) is 1. The third kappa shape index (κ3) is 6.14. The number of carbonyl (C=O) groups is 2. The Hall–Kier alpha value is -3.35. The second kappa shape index (κ2) is 9.38. The van der Waals surface area contributed by atoms with Gasteiger partial charge in [-0.1, -0.05) is 6.07 Å². The van der Waals surface area contributed by atoms with E-state index >= 15 is 0 Å². The SMILES string of the molecule is COc1cc(/C=N\NC(=O)COc2ccc(C)c(C)c2)ccc1OC(C)=O. The Morgan fingerprint density at radius 1 is 1.07 bits per heavy atom. The van der Waals surface area contributed by atoms with E-state index in [9.17, 15) is 9.59 Å². The molecule has 0 heterocycles. The normalized spacial score (nSPS) is 10.5. The van der Waals surface area contributed by atoms with Gasteiger partial charge in [0.25, 0.3) is 5.91 Å². The molecule has 0 aliphatic rings. The van der Waals surface area contributed by atoms with Crippen molar-refractivity contribution < 1.29 is 23.8 Å². The number of rotatable bonds is 7. The van der Waals surface area contributed by atoms with Crippen LogP contribution in [0, 0.1) is 13.8 Å². The summed E-state index contributed by atoms with van der Waals surface area (Å²) in [6, 6.07) is 10.5. The average Bonchev–Trinajstić information content (AvgIpc) is 2.63. The molecule has 2 aromatic rings. The highest BCUT2D eigenvalue weighted by atomic mass is 16.6. The minimum Gasteiger partial charge on any atom is -0.493 e. The van der Waals surface area contributed by atoms with Crippen molar-refractivity contribution in [1.82, 2.24) is 5.43 Å². The van der Waals surface area contributed by atoms with Crippen molar-refractivity contribution in [3.63, 3.8) is 0 Å². The van der Waals surface area contributed by atoms with E-state index in [1.54, 1.807) is 18.2 Å². The zero-order valence-electron chi connectivity index (χ0n) is 15.7. The van der Waals surface area contributed by atoms with E-state index in [1.165, 1.54) is 20.2 Å². The van der Waals surface area contributed by atoms with Gasteiger partial charge < -0.3 is 14.2 Å². The number of aryl methyl sites for hydroxylation is 2. The van der Waals surface area contributed by atoms with Crippen LogP contribution in [0.1, 0.15) is 23.6 Å². The molecule has 0 fully saturated rings. The van der Waals surface area contributed by atoms with Gasteiger partial charge in [0.05, 0.1) is 13.3 Å². The molecule has 7 heteroatoms. The van der Waals surface area contributed by atoms with E-state index in [-0.39, 0.29) is 12.5 Å². The van der Waals surface area contributed by atoms with Gasteiger partial charge in [-0.2, -0.15) is 5.10 Å². The zero-order chi connectivity index (χ0) is 19.8. The first-order valence-electron chi connectivity index (χ1n) is 8.27. The summed E-state index contributed by atoms with van der Waals surface area (Å²) in [7, 11) is 1.47. The summed E-state index contributed by atoms with van der Waals surface area (Å²) < 4.78 is 15.6. The lowest BCUT2D eigenvalue weighted by atomic mass is 10.1. The third-order valence-corrected chi connectivity index (χ3v) is 3.69. The molecular formula is C20H22N2O5. The first-order chi connectivity index (χ1) is 12.9. The molecule has 0 aromatic heterocycles. The highest BCUT2D eigenvalue weighted by molar-refractivity contribution is 5.84. The predicted molar refractivity (Wildman–Crippen MR) is 101 cm³/mol. The number of esters is 1. The van der Waals surface area contributed by atoms with Gasteiger partial charge in [0.15, 0.2) is 18.1 Å². The summed E-state index contributed by atoms with van der Waals surface area (Å²) >= 11 is 0. The Morgan fingerprint density at radius 2 is 1.85 bits per heavy atom. The van der Waals surface area contributed by atoms with Gasteiger partial charge in [-0.25, -0.2) is 5.43 Å². The summed E-state index contributed by atoms with van der Waals surface area (Å²) in [6.07, 6.45) is 1.45. The van der Waals surface area contributed by atoms with Crippen LogP contribution in [0.25, 0.3) is 0 Å². The van der Waals surface area contributed by atoms with E-state index in [0.29, 0.717) is 22.8 Å². The Bertz CT molecular complexity index is 861. The minimum absolute atomic E-state index is 0.144. The Kier molecular flexibility index (Phi) is 6.93. The Balaban J connectivity index is 1.89. The van der Waals surface area contributed by atoms with Crippen molar-refractivity contribution >= 4 is 18.1 Å².